The van der Waals surface area contributed by atoms with Gasteiger partial charge in [0.05, 0.1) is 0 Å². The molecule has 1 aromatic carbocycles. The molecule has 1 aliphatic rings. The Hall–Kier alpha value is -0.640. The molecule has 0 bridgehead atoms. The van der Waals surface area contributed by atoms with Gasteiger partial charge in [0.1, 0.15) is 5.82 Å². The average Bonchev–Trinajstić information content (AvgIpc) is 2.82. The van der Waals surface area contributed by atoms with Crippen LogP contribution in [0.25, 0.3) is 0 Å². The molecule has 1 saturated carbocycles. The number of hydrogen-bond acceptors (Lipinski definition) is 2. The lowest BCUT2D eigenvalue weighted by atomic mass is 10.0. The van der Waals surface area contributed by atoms with Crippen molar-refractivity contribution in [2.45, 2.75) is 31.8 Å². The van der Waals surface area contributed by atoms with Crippen LogP contribution in [-0.4, -0.2) is 24.5 Å². The van der Waals surface area contributed by atoms with Gasteiger partial charge in [-0.2, -0.15) is 0 Å². The molecule has 2 atom stereocenters. The first-order valence-electron chi connectivity index (χ1n) is 6.46. The van der Waals surface area contributed by atoms with E-state index >= 15 is 0 Å². The molecule has 0 aliphatic heterocycles. The van der Waals surface area contributed by atoms with E-state index in [1.165, 1.54) is 18.9 Å². The number of nitrogens with zero attached hydrogens (tertiary/aromatic N) is 1. The van der Waals surface area contributed by atoms with Gasteiger partial charge in [-0.05, 0) is 44.5 Å². The predicted molar refractivity (Wildman–Crippen MR) is 73.1 cm³/mol. The van der Waals surface area contributed by atoms with Crippen LogP contribution in [0.3, 0.4) is 0 Å². The molecule has 0 saturated heterocycles. The Morgan fingerprint density at radius 1 is 1.44 bits per heavy atom. The molecule has 100 valence electrons. The summed E-state index contributed by atoms with van der Waals surface area (Å²) in [5.74, 6) is 0.303. The van der Waals surface area contributed by atoms with Crippen LogP contribution in [0.5, 0.6) is 0 Å². The van der Waals surface area contributed by atoms with Crippen molar-refractivity contribution in [2.75, 3.05) is 13.6 Å². The SMILES string of the molecule is CN(Cc1c(F)cccc1Cl)C1CCCC1CN. The first-order chi connectivity index (χ1) is 8.63. The molecule has 0 radical (unpaired) electrons. The Morgan fingerprint density at radius 2 is 2.22 bits per heavy atom. The number of benzene rings is 1. The van der Waals surface area contributed by atoms with E-state index in [2.05, 4.69) is 4.90 Å². The number of halogens is 2. The second-order valence-corrected chi connectivity index (χ2v) is 5.52. The van der Waals surface area contributed by atoms with Crippen LogP contribution < -0.4 is 5.73 Å². The number of hydrogen-bond donors (Lipinski definition) is 1. The molecule has 1 fully saturated rings. The zero-order chi connectivity index (χ0) is 13.1. The summed E-state index contributed by atoms with van der Waals surface area (Å²) in [7, 11) is 2.03. The molecule has 2 unspecified atom stereocenters. The molecular weight excluding hydrogens is 251 g/mol. The van der Waals surface area contributed by atoms with Gasteiger partial charge in [0, 0.05) is 23.2 Å². The van der Waals surface area contributed by atoms with E-state index in [9.17, 15) is 4.39 Å². The van der Waals surface area contributed by atoms with E-state index in [1.54, 1.807) is 12.1 Å². The maximum atomic E-state index is 13.7. The van der Waals surface area contributed by atoms with Crippen LogP contribution in [0.4, 0.5) is 4.39 Å². The molecule has 2 N–H and O–H groups in total. The highest BCUT2D eigenvalue weighted by molar-refractivity contribution is 6.31. The van der Waals surface area contributed by atoms with Crippen LogP contribution in [0.1, 0.15) is 24.8 Å². The third-order valence-corrected chi connectivity index (χ3v) is 4.31. The fourth-order valence-corrected chi connectivity index (χ4v) is 3.15. The number of nitrogens with two attached hydrogens (primary N) is 1. The molecule has 0 amide bonds. The number of rotatable bonds is 4. The summed E-state index contributed by atoms with van der Waals surface area (Å²) in [6, 6.07) is 5.29. The summed E-state index contributed by atoms with van der Waals surface area (Å²) in [6.07, 6.45) is 3.53. The lowest BCUT2D eigenvalue weighted by Crippen LogP contribution is -2.37. The van der Waals surface area contributed by atoms with E-state index in [0.717, 1.165) is 6.42 Å². The standard InChI is InChI=1S/C14H20ClFN2/c1-18(14-7-2-4-10(14)8-17)9-11-12(15)5-3-6-13(11)16/h3,5-6,10,14H,2,4,7-9,17H2,1H3. The lowest BCUT2D eigenvalue weighted by molar-refractivity contribution is 0.191. The van der Waals surface area contributed by atoms with Crippen molar-refractivity contribution in [1.82, 2.24) is 4.90 Å². The highest BCUT2D eigenvalue weighted by Crippen LogP contribution is 2.30. The van der Waals surface area contributed by atoms with Gasteiger partial charge in [-0.1, -0.05) is 24.1 Å². The minimum Gasteiger partial charge on any atom is -0.330 e. The highest BCUT2D eigenvalue weighted by Gasteiger charge is 2.29. The van der Waals surface area contributed by atoms with E-state index in [-0.39, 0.29) is 5.82 Å². The Kier molecular flexibility index (Phi) is 4.60. The Balaban J connectivity index is 2.09. The summed E-state index contributed by atoms with van der Waals surface area (Å²) in [5.41, 5.74) is 6.38. The van der Waals surface area contributed by atoms with Crippen LogP contribution in [-0.2, 0) is 6.54 Å². The van der Waals surface area contributed by atoms with E-state index in [4.69, 9.17) is 17.3 Å². The zero-order valence-corrected chi connectivity index (χ0v) is 11.5. The molecule has 2 nitrogen and oxygen atoms in total. The fourth-order valence-electron chi connectivity index (χ4n) is 2.92. The van der Waals surface area contributed by atoms with Crippen molar-refractivity contribution >= 4 is 11.6 Å². The molecular formula is C14H20ClFN2. The van der Waals surface area contributed by atoms with Crippen LogP contribution in [0.15, 0.2) is 18.2 Å². The van der Waals surface area contributed by atoms with Gasteiger partial charge >= 0.3 is 0 Å². The zero-order valence-electron chi connectivity index (χ0n) is 10.7. The largest absolute Gasteiger partial charge is 0.330 e. The molecule has 0 spiro atoms. The van der Waals surface area contributed by atoms with Crippen molar-refractivity contribution < 1.29 is 4.39 Å². The van der Waals surface area contributed by atoms with Crippen molar-refractivity contribution in [3.05, 3.63) is 34.6 Å². The smallest absolute Gasteiger partial charge is 0.129 e. The van der Waals surface area contributed by atoms with Crippen molar-refractivity contribution in [3.8, 4) is 0 Å². The predicted octanol–water partition coefficient (Wildman–Crippen LogP) is 3.04. The van der Waals surface area contributed by atoms with Crippen LogP contribution in [0.2, 0.25) is 5.02 Å². The quantitative estimate of drug-likeness (QED) is 0.911. The Bertz CT molecular complexity index is 391. The minimum absolute atomic E-state index is 0.225. The average molecular weight is 271 g/mol. The Morgan fingerprint density at radius 3 is 2.89 bits per heavy atom. The molecule has 2 rings (SSSR count). The summed E-state index contributed by atoms with van der Waals surface area (Å²) in [4.78, 5) is 2.19. The first kappa shape index (κ1) is 13.8. The first-order valence-corrected chi connectivity index (χ1v) is 6.84. The molecule has 0 aromatic heterocycles. The maximum absolute atomic E-state index is 13.7. The summed E-state index contributed by atoms with van der Waals surface area (Å²) in [6.45, 7) is 1.26. The van der Waals surface area contributed by atoms with E-state index in [0.29, 0.717) is 35.6 Å². The summed E-state index contributed by atoms with van der Waals surface area (Å²) in [5, 5.41) is 0.504. The molecule has 0 heterocycles. The van der Waals surface area contributed by atoms with Gasteiger partial charge in [0.2, 0.25) is 0 Å². The van der Waals surface area contributed by atoms with Gasteiger partial charge in [-0.15, -0.1) is 0 Å². The summed E-state index contributed by atoms with van der Waals surface area (Å²) < 4.78 is 13.7. The van der Waals surface area contributed by atoms with Gasteiger partial charge in [0.15, 0.2) is 0 Å². The van der Waals surface area contributed by atoms with Gasteiger partial charge in [-0.3, -0.25) is 4.90 Å². The van der Waals surface area contributed by atoms with Crippen molar-refractivity contribution in [1.29, 1.82) is 0 Å². The third kappa shape index (κ3) is 2.85. The van der Waals surface area contributed by atoms with Crippen LogP contribution >= 0.6 is 11.6 Å². The molecule has 1 aromatic rings. The molecule has 18 heavy (non-hydrogen) atoms. The van der Waals surface area contributed by atoms with Crippen molar-refractivity contribution in [2.24, 2.45) is 11.7 Å². The second-order valence-electron chi connectivity index (χ2n) is 5.11. The maximum Gasteiger partial charge on any atom is 0.129 e. The van der Waals surface area contributed by atoms with E-state index < -0.39 is 0 Å². The monoisotopic (exact) mass is 270 g/mol. The topological polar surface area (TPSA) is 29.3 Å². The van der Waals surface area contributed by atoms with Gasteiger partial charge in [-0.25, -0.2) is 4.39 Å². The summed E-state index contributed by atoms with van der Waals surface area (Å²) >= 11 is 6.06. The lowest BCUT2D eigenvalue weighted by Gasteiger charge is -2.29. The Labute approximate surface area is 113 Å². The van der Waals surface area contributed by atoms with Gasteiger partial charge in [0.25, 0.3) is 0 Å². The van der Waals surface area contributed by atoms with Gasteiger partial charge < -0.3 is 5.73 Å². The van der Waals surface area contributed by atoms with E-state index in [1.807, 2.05) is 7.05 Å². The van der Waals surface area contributed by atoms with Crippen molar-refractivity contribution in [3.63, 3.8) is 0 Å². The van der Waals surface area contributed by atoms with Crippen LogP contribution in [0, 0.1) is 11.7 Å². The second kappa shape index (κ2) is 6.00. The fraction of sp³-hybridized carbons (Fsp3) is 0.571. The molecule has 1 aliphatic carbocycles. The highest BCUT2D eigenvalue weighted by atomic mass is 35.5. The molecule has 4 heteroatoms. The normalized spacial score (nSPS) is 23.8. The third-order valence-electron chi connectivity index (χ3n) is 3.96. The minimum atomic E-state index is -0.225.